The summed E-state index contributed by atoms with van der Waals surface area (Å²) in [5.41, 5.74) is 6.19. The monoisotopic (exact) mass is 235 g/mol. The molecular formula is C10H10FN5O. The Morgan fingerprint density at radius 3 is 2.88 bits per heavy atom. The lowest BCUT2D eigenvalue weighted by atomic mass is 10.2. The van der Waals surface area contributed by atoms with Crippen molar-refractivity contribution in [1.82, 2.24) is 15.2 Å². The van der Waals surface area contributed by atoms with Crippen molar-refractivity contribution in [3.63, 3.8) is 0 Å². The molecule has 6 nitrogen and oxygen atoms in total. The highest BCUT2D eigenvalue weighted by Gasteiger charge is 2.11. The SMILES string of the molecule is Cc1cc(NC(=O)c2nc(N)n[nH]2)ccc1F. The molecule has 0 radical (unpaired) electrons. The number of nitrogens with two attached hydrogens (primary N) is 1. The van der Waals surface area contributed by atoms with Crippen LogP contribution in [0.2, 0.25) is 0 Å². The minimum Gasteiger partial charge on any atom is -0.366 e. The molecule has 1 aromatic heterocycles. The van der Waals surface area contributed by atoms with Crippen LogP contribution in [0.1, 0.15) is 16.2 Å². The lowest BCUT2D eigenvalue weighted by molar-refractivity contribution is 0.101. The van der Waals surface area contributed by atoms with Gasteiger partial charge >= 0.3 is 0 Å². The van der Waals surface area contributed by atoms with Crippen molar-refractivity contribution in [2.45, 2.75) is 6.92 Å². The van der Waals surface area contributed by atoms with Gasteiger partial charge in [0.2, 0.25) is 11.8 Å². The van der Waals surface area contributed by atoms with Crippen molar-refractivity contribution >= 4 is 17.5 Å². The fourth-order valence-corrected chi connectivity index (χ4v) is 1.29. The van der Waals surface area contributed by atoms with Crippen LogP contribution in [0, 0.1) is 12.7 Å². The number of hydrogen-bond donors (Lipinski definition) is 3. The second kappa shape index (κ2) is 4.20. The standard InChI is InChI=1S/C10H10FN5O/c1-5-4-6(2-3-7(5)11)13-9(17)8-14-10(12)16-15-8/h2-4H,1H3,(H,13,17)(H3,12,14,15,16). The van der Waals surface area contributed by atoms with Gasteiger partial charge in [0.25, 0.3) is 5.91 Å². The van der Waals surface area contributed by atoms with E-state index < -0.39 is 5.91 Å². The summed E-state index contributed by atoms with van der Waals surface area (Å²) in [5, 5.41) is 8.46. The van der Waals surface area contributed by atoms with Gasteiger partial charge in [-0.05, 0) is 30.7 Å². The Morgan fingerprint density at radius 2 is 2.29 bits per heavy atom. The summed E-state index contributed by atoms with van der Waals surface area (Å²) in [6.07, 6.45) is 0. The fourth-order valence-electron chi connectivity index (χ4n) is 1.29. The number of aromatic nitrogens is 3. The molecule has 0 aliphatic carbocycles. The van der Waals surface area contributed by atoms with Crippen molar-refractivity contribution in [2.24, 2.45) is 0 Å². The van der Waals surface area contributed by atoms with Gasteiger partial charge in [0.1, 0.15) is 5.82 Å². The molecule has 1 heterocycles. The maximum atomic E-state index is 13.0. The Morgan fingerprint density at radius 1 is 1.53 bits per heavy atom. The molecule has 7 heteroatoms. The van der Waals surface area contributed by atoms with E-state index in [0.29, 0.717) is 11.3 Å². The predicted octanol–water partition coefficient (Wildman–Crippen LogP) is 1.09. The Labute approximate surface area is 96.1 Å². The highest BCUT2D eigenvalue weighted by molar-refractivity contribution is 6.01. The minimum absolute atomic E-state index is 0.00415. The number of amides is 1. The maximum Gasteiger partial charge on any atom is 0.293 e. The van der Waals surface area contributed by atoms with Gasteiger partial charge in [-0.25, -0.2) is 4.39 Å². The number of nitrogens with one attached hydrogen (secondary N) is 2. The van der Waals surface area contributed by atoms with E-state index in [9.17, 15) is 9.18 Å². The van der Waals surface area contributed by atoms with Gasteiger partial charge in [-0.3, -0.25) is 9.89 Å². The second-order valence-corrected chi connectivity index (χ2v) is 3.46. The van der Waals surface area contributed by atoms with Crippen LogP contribution >= 0.6 is 0 Å². The number of benzene rings is 1. The molecule has 0 saturated carbocycles. The molecule has 0 atom stereocenters. The van der Waals surface area contributed by atoms with Gasteiger partial charge in [0.05, 0.1) is 0 Å². The first kappa shape index (κ1) is 11.1. The molecule has 17 heavy (non-hydrogen) atoms. The molecule has 0 fully saturated rings. The van der Waals surface area contributed by atoms with Crippen LogP contribution in [0.15, 0.2) is 18.2 Å². The van der Waals surface area contributed by atoms with Gasteiger partial charge < -0.3 is 11.1 Å². The van der Waals surface area contributed by atoms with Crippen LogP contribution in [-0.2, 0) is 0 Å². The van der Waals surface area contributed by atoms with Crippen LogP contribution in [0.5, 0.6) is 0 Å². The van der Waals surface area contributed by atoms with Crippen LogP contribution in [0.3, 0.4) is 0 Å². The lowest BCUT2D eigenvalue weighted by Gasteiger charge is -2.04. The van der Waals surface area contributed by atoms with E-state index in [0.717, 1.165) is 0 Å². The molecule has 0 spiro atoms. The van der Waals surface area contributed by atoms with E-state index in [1.807, 2.05) is 0 Å². The van der Waals surface area contributed by atoms with Crippen LogP contribution in [0.25, 0.3) is 0 Å². The van der Waals surface area contributed by atoms with Gasteiger partial charge in [-0.15, -0.1) is 5.10 Å². The number of H-pyrrole nitrogens is 1. The summed E-state index contributed by atoms with van der Waals surface area (Å²) in [6.45, 7) is 1.61. The number of hydrogen-bond acceptors (Lipinski definition) is 4. The normalized spacial score (nSPS) is 10.2. The van der Waals surface area contributed by atoms with Crippen molar-refractivity contribution in [3.8, 4) is 0 Å². The molecule has 2 rings (SSSR count). The van der Waals surface area contributed by atoms with Gasteiger partial charge in [0, 0.05) is 5.69 Å². The third-order valence-corrected chi connectivity index (χ3v) is 2.13. The Bertz CT molecular complexity index is 566. The summed E-state index contributed by atoms with van der Waals surface area (Å²) < 4.78 is 13.0. The van der Waals surface area contributed by atoms with Crippen LogP contribution < -0.4 is 11.1 Å². The van der Waals surface area contributed by atoms with Crippen molar-refractivity contribution in [1.29, 1.82) is 0 Å². The number of carbonyl (C=O) groups is 1. The van der Waals surface area contributed by atoms with Crippen molar-refractivity contribution < 1.29 is 9.18 Å². The largest absolute Gasteiger partial charge is 0.366 e. The average molecular weight is 235 g/mol. The number of nitrogens with zero attached hydrogens (tertiary/aromatic N) is 2. The number of rotatable bonds is 2. The summed E-state index contributed by atoms with van der Waals surface area (Å²) in [4.78, 5) is 15.3. The zero-order chi connectivity index (χ0) is 12.4. The molecule has 1 amide bonds. The summed E-state index contributed by atoms with van der Waals surface area (Å²) in [5.74, 6) is -0.818. The molecule has 0 bridgehead atoms. The molecule has 0 aliphatic heterocycles. The molecule has 0 aliphatic rings. The van der Waals surface area contributed by atoms with E-state index in [1.54, 1.807) is 6.92 Å². The lowest BCUT2D eigenvalue weighted by Crippen LogP contribution is -2.14. The zero-order valence-corrected chi connectivity index (χ0v) is 8.99. The van der Waals surface area contributed by atoms with E-state index in [-0.39, 0.29) is 17.6 Å². The van der Waals surface area contributed by atoms with Crippen molar-refractivity contribution in [2.75, 3.05) is 11.1 Å². The first-order valence-electron chi connectivity index (χ1n) is 4.81. The molecule has 1 aromatic carbocycles. The maximum absolute atomic E-state index is 13.0. The minimum atomic E-state index is -0.486. The summed E-state index contributed by atoms with van der Waals surface area (Å²) in [7, 11) is 0. The number of aromatic amines is 1. The van der Waals surface area contributed by atoms with E-state index in [1.165, 1.54) is 18.2 Å². The second-order valence-electron chi connectivity index (χ2n) is 3.46. The Hall–Kier alpha value is -2.44. The average Bonchev–Trinajstić information content (AvgIpc) is 2.70. The smallest absolute Gasteiger partial charge is 0.293 e. The van der Waals surface area contributed by atoms with E-state index >= 15 is 0 Å². The quantitative estimate of drug-likeness (QED) is 0.725. The van der Waals surface area contributed by atoms with Gasteiger partial charge in [0.15, 0.2) is 0 Å². The molecule has 0 unspecified atom stereocenters. The molecule has 4 N–H and O–H groups in total. The number of carbonyl (C=O) groups excluding carboxylic acids is 1. The van der Waals surface area contributed by atoms with Gasteiger partial charge in [-0.1, -0.05) is 0 Å². The zero-order valence-electron chi connectivity index (χ0n) is 8.99. The third-order valence-electron chi connectivity index (χ3n) is 2.13. The molecule has 0 saturated heterocycles. The highest BCUT2D eigenvalue weighted by Crippen LogP contribution is 2.14. The number of nitrogen functional groups attached to an aromatic ring is 1. The third kappa shape index (κ3) is 2.39. The number of anilines is 2. The van der Waals surface area contributed by atoms with Crippen LogP contribution in [-0.4, -0.2) is 21.1 Å². The summed E-state index contributed by atoms with van der Waals surface area (Å²) in [6, 6.07) is 4.26. The molecule has 88 valence electrons. The molecule has 2 aromatic rings. The van der Waals surface area contributed by atoms with Crippen molar-refractivity contribution in [3.05, 3.63) is 35.4 Å². The number of aryl methyl sites for hydroxylation is 1. The Kier molecular flexibility index (Phi) is 2.73. The van der Waals surface area contributed by atoms with Crippen LogP contribution in [0.4, 0.5) is 16.0 Å². The first-order chi connectivity index (χ1) is 8.06. The fraction of sp³-hybridized carbons (Fsp3) is 0.100. The van der Waals surface area contributed by atoms with E-state index in [4.69, 9.17) is 5.73 Å². The van der Waals surface area contributed by atoms with E-state index in [2.05, 4.69) is 20.5 Å². The number of halogens is 1. The Balaban J connectivity index is 2.15. The first-order valence-corrected chi connectivity index (χ1v) is 4.81. The summed E-state index contributed by atoms with van der Waals surface area (Å²) >= 11 is 0. The predicted molar refractivity (Wildman–Crippen MR) is 59.9 cm³/mol. The van der Waals surface area contributed by atoms with Gasteiger partial charge in [-0.2, -0.15) is 4.98 Å². The molecular weight excluding hydrogens is 225 g/mol. The highest BCUT2D eigenvalue weighted by atomic mass is 19.1. The topological polar surface area (TPSA) is 96.7 Å².